The molecular weight excluding hydrogens is 338 g/mol. The average Bonchev–Trinajstić information content (AvgIpc) is 2.90. The molecular formula is C18H15N3O5. The largest absolute Gasteiger partial charge is 0.490 e. The Bertz CT molecular complexity index is 908. The van der Waals surface area contributed by atoms with Gasteiger partial charge in [0.1, 0.15) is 5.70 Å². The third-order valence-corrected chi connectivity index (χ3v) is 3.86. The summed E-state index contributed by atoms with van der Waals surface area (Å²) in [6.45, 7) is 0.144. The monoisotopic (exact) mass is 353 g/mol. The first-order valence-electron chi connectivity index (χ1n) is 7.70. The van der Waals surface area contributed by atoms with Crippen molar-refractivity contribution in [3.63, 3.8) is 0 Å². The topological polar surface area (TPSA) is 102 Å². The fraction of sp³-hybridized carbons (Fsp3) is 0.111. The molecule has 0 bridgehead atoms. The van der Waals surface area contributed by atoms with Gasteiger partial charge in [-0.2, -0.15) is 0 Å². The van der Waals surface area contributed by atoms with E-state index in [4.69, 9.17) is 4.74 Å². The summed E-state index contributed by atoms with van der Waals surface area (Å²) in [5.41, 5.74) is 1.06. The third kappa shape index (κ3) is 3.39. The first-order chi connectivity index (χ1) is 12.5. The number of methoxy groups -OCH3 is 1. The first-order valence-corrected chi connectivity index (χ1v) is 7.70. The first kappa shape index (κ1) is 17.2. The van der Waals surface area contributed by atoms with Crippen molar-refractivity contribution < 1.29 is 19.2 Å². The zero-order valence-electron chi connectivity index (χ0n) is 13.8. The van der Waals surface area contributed by atoms with E-state index in [-0.39, 0.29) is 23.7 Å². The number of carbonyl (C=O) groups is 2. The second kappa shape index (κ2) is 7.06. The van der Waals surface area contributed by atoms with Gasteiger partial charge in [0.2, 0.25) is 0 Å². The number of hydrogen-bond acceptors (Lipinski definition) is 5. The SMILES string of the molecule is COc1ccc(/C=C2/NC(=O)N(Cc3ccccc3)C2=O)cc1[N+](=O)[O-]. The third-order valence-electron chi connectivity index (χ3n) is 3.86. The summed E-state index contributed by atoms with van der Waals surface area (Å²) in [5.74, 6) is -0.373. The quantitative estimate of drug-likeness (QED) is 0.385. The van der Waals surface area contributed by atoms with Crippen molar-refractivity contribution in [1.82, 2.24) is 10.2 Å². The Hall–Kier alpha value is -3.68. The summed E-state index contributed by atoms with van der Waals surface area (Å²) in [6, 6.07) is 12.9. The van der Waals surface area contributed by atoms with Gasteiger partial charge in [-0.25, -0.2) is 4.79 Å². The summed E-state index contributed by atoms with van der Waals surface area (Å²) in [7, 11) is 1.34. The number of hydrogen-bond donors (Lipinski definition) is 1. The molecule has 0 aromatic heterocycles. The highest BCUT2D eigenvalue weighted by Crippen LogP contribution is 2.28. The number of ether oxygens (including phenoxy) is 1. The van der Waals surface area contributed by atoms with Crippen LogP contribution in [0.4, 0.5) is 10.5 Å². The van der Waals surface area contributed by atoms with Gasteiger partial charge in [0.15, 0.2) is 5.75 Å². The van der Waals surface area contributed by atoms with Crippen molar-refractivity contribution in [3.05, 3.63) is 75.5 Å². The lowest BCUT2D eigenvalue weighted by molar-refractivity contribution is -0.385. The van der Waals surface area contributed by atoms with Gasteiger partial charge >= 0.3 is 11.7 Å². The highest BCUT2D eigenvalue weighted by atomic mass is 16.6. The van der Waals surface area contributed by atoms with Gasteiger partial charge in [0.25, 0.3) is 5.91 Å². The lowest BCUT2D eigenvalue weighted by Crippen LogP contribution is -2.30. The minimum absolute atomic E-state index is 0.0606. The molecule has 1 aliphatic rings. The van der Waals surface area contributed by atoms with E-state index >= 15 is 0 Å². The van der Waals surface area contributed by atoms with Crippen LogP contribution in [0.5, 0.6) is 5.75 Å². The number of urea groups is 1. The van der Waals surface area contributed by atoms with E-state index in [9.17, 15) is 19.7 Å². The van der Waals surface area contributed by atoms with Crippen molar-refractivity contribution in [2.24, 2.45) is 0 Å². The molecule has 1 fully saturated rings. The summed E-state index contributed by atoms with van der Waals surface area (Å²) >= 11 is 0. The normalized spacial score (nSPS) is 15.3. The van der Waals surface area contributed by atoms with Crippen LogP contribution in [0.2, 0.25) is 0 Å². The number of imide groups is 1. The summed E-state index contributed by atoms with van der Waals surface area (Å²) in [4.78, 5) is 36.2. The molecule has 0 atom stereocenters. The molecule has 1 saturated heterocycles. The Kier molecular flexibility index (Phi) is 4.66. The molecule has 1 aliphatic heterocycles. The number of nitrogens with zero attached hydrogens (tertiary/aromatic N) is 2. The molecule has 0 saturated carbocycles. The molecule has 3 rings (SSSR count). The maximum Gasteiger partial charge on any atom is 0.329 e. The minimum atomic E-state index is -0.572. The van der Waals surface area contributed by atoms with Crippen LogP contribution >= 0.6 is 0 Å². The Labute approximate surface area is 148 Å². The van der Waals surface area contributed by atoms with Crippen LogP contribution in [-0.2, 0) is 11.3 Å². The summed E-state index contributed by atoms with van der Waals surface area (Å²) in [6.07, 6.45) is 1.40. The second-order valence-electron chi connectivity index (χ2n) is 5.55. The Morgan fingerprint density at radius 2 is 1.92 bits per heavy atom. The van der Waals surface area contributed by atoms with Gasteiger partial charge in [-0.15, -0.1) is 0 Å². The number of nitro groups is 1. The van der Waals surface area contributed by atoms with Crippen LogP contribution in [0, 0.1) is 10.1 Å². The van der Waals surface area contributed by atoms with Gasteiger partial charge < -0.3 is 10.1 Å². The molecule has 26 heavy (non-hydrogen) atoms. The molecule has 2 aromatic carbocycles. The van der Waals surface area contributed by atoms with E-state index in [1.807, 2.05) is 30.3 Å². The molecule has 0 radical (unpaired) electrons. The average molecular weight is 353 g/mol. The molecule has 2 aromatic rings. The molecule has 1 N–H and O–H groups in total. The Morgan fingerprint density at radius 1 is 1.19 bits per heavy atom. The second-order valence-corrected chi connectivity index (χ2v) is 5.55. The van der Waals surface area contributed by atoms with Gasteiger partial charge in [0, 0.05) is 6.07 Å². The van der Waals surface area contributed by atoms with E-state index in [1.54, 1.807) is 6.07 Å². The molecule has 0 spiro atoms. The van der Waals surface area contributed by atoms with Crippen molar-refractivity contribution in [2.45, 2.75) is 6.54 Å². The van der Waals surface area contributed by atoms with Crippen LogP contribution < -0.4 is 10.1 Å². The fourth-order valence-corrected chi connectivity index (χ4v) is 2.59. The summed E-state index contributed by atoms with van der Waals surface area (Å²) < 4.78 is 4.95. The van der Waals surface area contributed by atoms with E-state index in [0.717, 1.165) is 10.5 Å². The van der Waals surface area contributed by atoms with Crippen LogP contribution in [0.3, 0.4) is 0 Å². The predicted molar refractivity (Wildman–Crippen MR) is 93.1 cm³/mol. The Balaban J connectivity index is 1.86. The van der Waals surface area contributed by atoms with E-state index < -0.39 is 16.9 Å². The molecule has 132 valence electrons. The van der Waals surface area contributed by atoms with Crippen LogP contribution in [0.25, 0.3) is 6.08 Å². The smallest absolute Gasteiger partial charge is 0.329 e. The van der Waals surface area contributed by atoms with Crippen LogP contribution in [-0.4, -0.2) is 28.9 Å². The van der Waals surface area contributed by atoms with Crippen LogP contribution in [0.1, 0.15) is 11.1 Å². The highest BCUT2D eigenvalue weighted by molar-refractivity contribution is 6.13. The van der Waals surface area contributed by atoms with Crippen molar-refractivity contribution in [3.8, 4) is 5.75 Å². The number of nitro benzene ring substituents is 1. The van der Waals surface area contributed by atoms with Crippen molar-refractivity contribution in [1.29, 1.82) is 0 Å². The predicted octanol–water partition coefficient (Wildman–Crippen LogP) is 2.70. The molecule has 3 amide bonds. The molecule has 0 aliphatic carbocycles. The molecule has 0 unspecified atom stereocenters. The maximum absolute atomic E-state index is 12.5. The highest BCUT2D eigenvalue weighted by Gasteiger charge is 2.33. The van der Waals surface area contributed by atoms with Crippen molar-refractivity contribution >= 4 is 23.7 Å². The zero-order chi connectivity index (χ0) is 18.7. The standard InChI is InChI=1S/C18H15N3O5/c1-26-16-8-7-13(10-15(16)21(24)25)9-14-17(22)20(18(23)19-14)11-12-5-3-2-4-6-12/h2-10H,11H2,1H3,(H,19,23)/b14-9+. The number of benzene rings is 2. The molecule has 8 heteroatoms. The van der Waals surface area contributed by atoms with Gasteiger partial charge in [-0.05, 0) is 23.3 Å². The molecule has 1 heterocycles. The number of rotatable bonds is 5. The van der Waals surface area contributed by atoms with Gasteiger partial charge in [0.05, 0.1) is 18.6 Å². The maximum atomic E-state index is 12.5. The minimum Gasteiger partial charge on any atom is -0.490 e. The van der Waals surface area contributed by atoms with Gasteiger partial charge in [-0.1, -0.05) is 36.4 Å². The van der Waals surface area contributed by atoms with E-state index in [2.05, 4.69) is 5.32 Å². The van der Waals surface area contributed by atoms with Crippen LogP contribution in [0.15, 0.2) is 54.2 Å². The number of amides is 3. The zero-order valence-corrected chi connectivity index (χ0v) is 13.8. The Morgan fingerprint density at radius 3 is 2.58 bits per heavy atom. The van der Waals surface area contributed by atoms with E-state index in [1.165, 1.54) is 25.3 Å². The van der Waals surface area contributed by atoms with Gasteiger partial charge in [-0.3, -0.25) is 19.8 Å². The lowest BCUT2D eigenvalue weighted by Gasteiger charge is -2.11. The van der Waals surface area contributed by atoms with Crippen molar-refractivity contribution in [2.75, 3.05) is 7.11 Å². The lowest BCUT2D eigenvalue weighted by atomic mass is 10.1. The summed E-state index contributed by atoms with van der Waals surface area (Å²) in [5, 5.41) is 13.6. The number of carbonyl (C=O) groups excluding carboxylic acids is 2. The van der Waals surface area contributed by atoms with E-state index in [0.29, 0.717) is 5.56 Å². The fourth-order valence-electron chi connectivity index (χ4n) is 2.59. The number of nitrogens with one attached hydrogen (secondary N) is 1. The molecule has 8 nitrogen and oxygen atoms in total.